The molecular weight excluding hydrogens is 338 g/mol. The summed E-state index contributed by atoms with van der Waals surface area (Å²) < 4.78 is 10.7. The number of aliphatic imine (C=N–C) groups is 1. The first kappa shape index (κ1) is 17.2. The number of hydrogen-bond acceptors (Lipinski definition) is 3. The van der Waals surface area contributed by atoms with Crippen LogP contribution in [0.1, 0.15) is 11.1 Å². The Morgan fingerprint density at radius 1 is 1.00 bits per heavy atom. The van der Waals surface area contributed by atoms with E-state index in [0.29, 0.717) is 17.5 Å². The van der Waals surface area contributed by atoms with Crippen LogP contribution in [-0.2, 0) is 12.8 Å². The molecule has 2 N–H and O–H groups in total. The highest BCUT2D eigenvalue weighted by Crippen LogP contribution is 2.37. The average Bonchev–Trinajstić information content (AvgIpc) is 3.15. The molecule has 0 unspecified atom stereocenters. The Morgan fingerprint density at radius 3 is 2.59 bits per heavy atom. The first-order chi connectivity index (χ1) is 13.1. The Hall–Kier alpha value is -3.21. The molecule has 0 saturated carbocycles. The van der Waals surface area contributed by atoms with Crippen LogP contribution in [0.25, 0.3) is 10.8 Å². The van der Waals surface area contributed by atoms with Crippen molar-refractivity contribution in [3.63, 3.8) is 0 Å². The molecule has 0 spiro atoms. The summed E-state index contributed by atoms with van der Waals surface area (Å²) in [4.78, 5) is 6.58. The lowest BCUT2D eigenvalue weighted by Crippen LogP contribution is -2.33. The molecule has 0 heterocycles. The van der Waals surface area contributed by atoms with E-state index in [0.717, 1.165) is 24.2 Å². The zero-order valence-corrected chi connectivity index (χ0v) is 15.8. The number of hydrogen-bond donors (Lipinski definition) is 1. The third-order valence-electron chi connectivity index (χ3n) is 5.19. The summed E-state index contributed by atoms with van der Waals surface area (Å²) in [7, 11) is 5.13. The molecule has 4 rings (SSSR count). The Labute approximate surface area is 159 Å². The highest BCUT2D eigenvalue weighted by atomic mass is 16.5. The van der Waals surface area contributed by atoms with Crippen molar-refractivity contribution in [2.45, 2.75) is 12.8 Å². The van der Waals surface area contributed by atoms with Gasteiger partial charge in [0.25, 0.3) is 0 Å². The summed E-state index contributed by atoms with van der Waals surface area (Å²) in [5.41, 5.74) is 10.8. The van der Waals surface area contributed by atoms with Crippen LogP contribution in [0.3, 0.4) is 0 Å². The van der Waals surface area contributed by atoms with E-state index >= 15 is 0 Å². The Balaban J connectivity index is 1.70. The predicted molar refractivity (Wildman–Crippen MR) is 111 cm³/mol. The summed E-state index contributed by atoms with van der Waals surface area (Å²) in [6, 6.07) is 16.3. The van der Waals surface area contributed by atoms with Gasteiger partial charge in [0.05, 0.1) is 19.9 Å². The van der Waals surface area contributed by atoms with Crippen LogP contribution < -0.4 is 20.1 Å². The van der Waals surface area contributed by atoms with Crippen LogP contribution in [0.4, 0.5) is 11.4 Å². The lowest BCUT2D eigenvalue weighted by molar-refractivity contribution is 0.355. The van der Waals surface area contributed by atoms with Gasteiger partial charge in [-0.15, -0.1) is 0 Å². The second-order valence-electron chi connectivity index (χ2n) is 6.65. The minimum Gasteiger partial charge on any atom is -0.493 e. The fourth-order valence-corrected chi connectivity index (χ4v) is 3.71. The maximum absolute atomic E-state index is 6.33. The van der Waals surface area contributed by atoms with E-state index < -0.39 is 0 Å². The highest BCUT2D eigenvalue weighted by Gasteiger charge is 2.18. The largest absolute Gasteiger partial charge is 0.493 e. The van der Waals surface area contributed by atoms with Gasteiger partial charge in [-0.25, -0.2) is 4.99 Å². The van der Waals surface area contributed by atoms with E-state index in [1.165, 1.54) is 21.9 Å². The van der Waals surface area contributed by atoms with Gasteiger partial charge in [-0.1, -0.05) is 24.3 Å². The van der Waals surface area contributed by atoms with Crippen LogP contribution in [0.2, 0.25) is 0 Å². The van der Waals surface area contributed by atoms with Crippen LogP contribution in [0.15, 0.2) is 53.5 Å². The van der Waals surface area contributed by atoms with Gasteiger partial charge in [-0.05, 0) is 52.9 Å². The number of rotatable bonds is 4. The predicted octanol–water partition coefficient (Wildman–Crippen LogP) is 4.04. The summed E-state index contributed by atoms with van der Waals surface area (Å²) >= 11 is 0. The molecule has 0 radical (unpaired) electrons. The molecular formula is C22H23N3O2. The van der Waals surface area contributed by atoms with Gasteiger partial charge < -0.3 is 20.1 Å². The fourth-order valence-electron chi connectivity index (χ4n) is 3.71. The van der Waals surface area contributed by atoms with Gasteiger partial charge in [-0.2, -0.15) is 0 Å². The zero-order valence-electron chi connectivity index (χ0n) is 15.8. The first-order valence-electron chi connectivity index (χ1n) is 8.95. The lowest BCUT2D eigenvalue weighted by atomic mass is 10.0. The summed E-state index contributed by atoms with van der Waals surface area (Å²) in [6.45, 7) is 0. The first-order valence-corrected chi connectivity index (χ1v) is 8.95. The number of ether oxygens (including phenoxy) is 2. The number of benzene rings is 3. The van der Waals surface area contributed by atoms with Crippen molar-refractivity contribution in [3.8, 4) is 11.5 Å². The number of nitrogens with zero attached hydrogens (tertiary/aromatic N) is 2. The SMILES string of the molecule is COc1ccc(N(C)C(N)=Nc2ccc3cccc4c3c2CC4)cc1OC. The van der Waals surface area contributed by atoms with Crippen molar-refractivity contribution >= 4 is 28.1 Å². The molecule has 3 aromatic carbocycles. The van der Waals surface area contributed by atoms with Crippen molar-refractivity contribution in [2.75, 3.05) is 26.2 Å². The number of guanidine groups is 1. The van der Waals surface area contributed by atoms with Crippen molar-refractivity contribution in [3.05, 3.63) is 59.7 Å². The molecule has 27 heavy (non-hydrogen) atoms. The molecule has 0 atom stereocenters. The lowest BCUT2D eigenvalue weighted by Gasteiger charge is -2.20. The van der Waals surface area contributed by atoms with Crippen LogP contribution >= 0.6 is 0 Å². The van der Waals surface area contributed by atoms with Crippen LogP contribution in [0, 0.1) is 0 Å². The Bertz CT molecular complexity index is 1040. The standard InChI is InChI=1S/C22H23N3O2/c1-25(16-9-12-19(26-2)20(13-16)27-3)22(23)24-18-11-8-15-6-4-5-14-7-10-17(18)21(14)15/h4-6,8-9,11-13H,7,10H2,1-3H3,(H2,23,24). The van der Waals surface area contributed by atoms with Gasteiger partial charge >= 0.3 is 0 Å². The van der Waals surface area contributed by atoms with Gasteiger partial charge in [0, 0.05) is 18.8 Å². The monoisotopic (exact) mass is 361 g/mol. The second-order valence-corrected chi connectivity index (χ2v) is 6.65. The molecule has 0 fully saturated rings. The quantitative estimate of drug-likeness (QED) is 0.563. The summed E-state index contributed by atoms with van der Waals surface area (Å²) in [5, 5.41) is 2.60. The Morgan fingerprint density at radius 2 is 1.81 bits per heavy atom. The van der Waals surface area contributed by atoms with Gasteiger partial charge in [0.2, 0.25) is 5.96 Å². The third-order valence-corrected chi connectivity index (χ3v) is 5.19. The molecule has 0 amide bonds. The molecule has 1 aliphatic rings. The van der Waals surface area contributed by atoms with Crippen molar-refractivity contribution in [1.82, 2.24) is 0 Å². The smallest absolute Gasteiger partial charge is 0.200 e. The second kappa shape index (κ2) is 6.83. The van der Waals surface area contributed by atoms with Gasteiger partial charge in [0.15, 0.2) is 11.5 Å². The van der Waals surface area contributed by atoms with Crippen molar-refractivity contribution < 1.29 is 9.47 Å². The maximum Gasteiger partial charge on any atom is 0.200 e. The van der Waals surface area contributed by atoms with Gasteiger partial charge in [0.1, 0.15) is 0 Å². The topological polar surface area (TPSA) is 60.1 Å². The van der Waals surface area contributed by atoms with E-state index in [1.807, 2.05) is 30.1 Å². The highest BCUT2D eigenvalue weighted by molar-refractivity contribution is 5.99. The van der Waals surface area contributed by atoms with Crippen LogP contribution in [0.5, 0.6) is 11.5 Å². The Kier molecular flexibility index (Phi) is 4.36. The van der Waals surface area contributed by atoms with Crippen LogP contribution in [-0.4, -0.2) is 27.2 Å². The number of nitrogens with two attached hydrogens (primary N) is 1. The summed E-state index contributed by atoms with van der Waals surface area (Å²) in [5.74, 6) is 1.77. The van der Waals surface area contributed by atoms with E-state index in [-0.39, 0.29) is 0 Å². The molecule has 0 saturated heterocycles. The molecule has 5 heteroatoms. The fraction of sp³-hybridized carbons (Fsp3) is 0.227. The molecule has 3 aromatic rings. The molecule has 5 nitrogen and oxygen atoms in total. The molecule has 0 aromatic heterocycles. The molecule has 1 aliphatic carbocycles. The van der Waals surface area contributed by atoms with E-state index in [2.05, 4.69) is 30.3 Å². The zero-order chi connectivity index (χ0) is 19.0. The number of aryl methyl sites for hydroxylation is 2. The average molecular weight is 361 g/mol. The van der Waals surface area contributed by atoms with E-state index in [4.69, 9.17) is 20.2 Å². The maximum atomic E-state index is 6.33. The van der Waals surface area contributed by atoms with Gasteiger partial charge in [-0.3, -0.25) is 0 Å². The molecule has 0 bridgehead atoms. The van der Waals surface area contributed by atoms with E-state index in [9.17, 15) is 0 Å². The number of methoxy groups -OCH3 is 2. The third kappa shape index (κ3) is 2.95. The minimum absolute atomic E-state index is 0.433. The number of anilines is 1. The molecule has 138 valence electrons. The minimum atomic E-state index is 0.433. The van der Waals surface area contributed by atoms with Crippen molar-refractivity contribution in [2.24, 2.45) is 10.7 Å². The molecule has 0 aliphatic heterocycles. The van der Waals surface area contributed by atoms with Crippen molar-refractivity contribution in [1.29, 1.82) is 0 Å². The van der Waals surface area contributed by atoms with E-state index in [1.54, 1.807) is 14.2 Å². The normalized spacial score (nSPS) is 13.1. The summed E-state index contributed by atoms with van der Waals surface area (Å²) in [6.07, 6.45) is 2.06.